The van der Waals surface area contributed by atoms with Crippen molar-refractivity contribution in [3.05, 3.63) is 51.8 Å². The molecule has 0 spiro atoms. The van der Waals surface area contributed by atoms with Gasteiger partial charge in [0, 0.05) is 16.5 Å². The number of amides is 1. The van der Waals surface area contributed by atoms with Gasteiger partial charge in [0.1, 0.15) is 0 Å². The maximum Gasteiger partial charge on any atom is 0.230 e. The Hall–Kier alpha value is -1.46. The van der Waals surface area contributed by atoms with Crippen LogP contribution in [0.2, 0.25) is 5.02 Å². The van der Waals surface area contributed by atoms with E-state index in [2.05, 4.69) is 15.5 Å². The molecule has 0 unspecified atom stereocenters. The van der Waals surface area contributed by atoms with E-state index in [0.717, 1.165) is 34.9 Å². The van der Waals surface area contributed by atoms with Crippen LogP contribution in [0.5, 0.6) is 0 Å². The van der Waals surface area contributed by atoms with Crippen LogP contribution in [0.4, 0.5) is 0 Å². The molecule has 2 N–H and O–H groups in total. The predicted octanol–water partition coefficient (Wildman–Crippen LogP) is 3.10. The monoisotopic (exact) mass is 335 g/mol. The van der Waals surface area contributed by atoms with Crippen molar-refractivity contribution in [3.8, 4) is 0 Å². The second-order valence-corrected chi connectivity index (χ2v) is 6.73. The smallest absolute Gasteiger partial charge is 0.230 e. The molecule has 0 fully saturated rings. The fraction of sp³-hybridized carbons (Fsp3) is 0.375. The quantitative estimate of drug-likeness (QED) is 0.852. The second kappa shape index (κ2) is 7.20. The highest BCUT2D eigenvalue weighted by molar-refractivity contribution is 7.99. The first-order valence-electron chi connectivity index (χ1n) is 7.37. The van der Waals surface area contributed by atoms with Gasteiger partial charge in [-0.3, -0.25) is 9.89 Å². The van der Waals surface area contributed by atoms with Gasteiger partial charge >= 0.3 is 0 Å². The van der Waals surface area contributed by atoms with E-state index in [-0.39, 0.29) is 5.91 Å². The molecule has 0 radical (unpaired) electrons. The molecule has 3 rings (SSSR count). The molecule has 0 saturated carbocycles. The second-order valence-electron chi connectivity index (χ2n) is 5.34. The van der Waals surface area contributed by atoms with Gasteiger partial charge in [-0.15, -0.1) is 11.8 Å². The van der Waals surface area contributed by atoms with Crippen LogP contribution in [-0.2, 0) is 29.9 Å². The highest BCUT2D eigenvalue weighted by Gasteiger charge is 2.18. The maximum atomic E-state index is 11.9. The van der Waals surface area contributed by atoms with Crippen LogP contribution in [0.25, 0.3) is 0 Å². The van der Waals surface area contributed by atoms with Gasteiger partial charge in [0.15, 0.2) is 0 Å². The molecular weight excluding hydrogens is 318 g/mol. The molecule has 0 aliphatic heterocycles. The summed E-state index contributed by atoms with van der Waals surface area (Å²) in [6.07, 6.45) is 3.32. The molecular formula is C16H18ClN3OS. The normalized spacial score (nSPS) is 13.1. The lowest BCUT2D eigenvalue weighted by molar-refractivity contribution is -0.118. The number of nitrogens with zero attached hydrogens (tertiary/aromatic N) is 1. The number of aryl methyl sites for hydroxylation is 1. The first-order valence-corrected chi connectivity index (χ1v) is 8.90. The first-order chi connectivity index (χ1) is 10.7. The summed E-state index contributed by atoms with van der Waals surface area (Å²) in [6, 6.07) is 7.72. The van der Waals surface area contributed by atoms with E-state index in [1.807, 2.05) is 24.3 Å². The Morgan fingerprint density at radius 1 is 1.36 bits per heavy atom. The summed E-state index contributed by atoms with van der Waals surface area (Å²) in [6.45, 7) is 0.511. The standard InChI is InChI=1S/C16H18ClN3OS/c17-13-6-2-1-4-11(13)9-22-10-16(21)18-8-15-12-5-3-7-14(12)19-20-15/h1-2,4,6H,3,5,7-10H2,(H,18,21)(H,19,20). The Morgan fingerprint density at radius 3 is 3.09 bits per heavy atom. The van der Waals surface area contributed by atoms with Gasteiger partial charge in [-0.05, 0) is 36.5 Å². The lowest BCUT2D eigenvalue weighted by atomic mass is 10.2. The van der Waals surface area contributed by atoms with Crippen LogP contribution in [0.15, 0.2) is 24.3 Å². The van der Waals surface area contributed by atoms with E-state index in [1.165, 1.54) is 17.7 Å². The molecule has 22 heavy (non-hydrogen) atoms. The molecule has 6 heteroatoms. The number of halogens is 1. The third-order valence-corrected chi connectivity index (χ3v) is 5.14. The number of aromatic amines is 1. The van der Waals surface area contributed by atoms with Gasteiger partial charge in [-0.1, -0.05) is 29.8 Å². The molecule has 1 heterocycles. The summed E-state index contributed by atoms with van der Waals surface area (Å²) in [5.74, 6) is 1.20. The Bertz CT molecular complexity index is 671. The predicted molar refractivity (Wildman–Crippen MR) is 90.1 cm³/mol. The van der Waals surface area contributed by atoms with Crippen LogP contribution < -0.4 is 5.32 Å². The fourth-order valence-corrected chi connectivity index (χ4v) is 3.78. The number of aromatic nitrogens is 2. The van der Waals surface area contributed by atoms with Crippen LogP contribution in [0.1, 0.15) is 28.9 Å². The molecule has 116 valence electrons. The van der Waals surface area contributed by atoms with Crippen molar-refractivity contribution < 1.29 is 4.79 Å². The average Bonchev–Trinajstić information content (AvgIpc) is 3.11. The van der Waals surface area contributed by atoms with Gasteiger partial charge in [0.25, 0.3) is 0 Å². The number of rotatable bonds is 6. The van der Waals surface area contributed by atoms with Crippen LogP contribution in [-0.4, -0.2) is 21.9 Å². The Morgan fingerprint density at radius 2 is 2.23 bits per heavy atom. The number of hydrogen-bond acceptors (Lipinski definition) is 3. The molecule has 1 aliphatic rings. The van der Waals surface area contributed by atoms with E-state index < -0.39 is 0 Å². The molecule has 0 saturated heterocycles. The Kier molecular flexibility index (Phi) is 5.05. The zero-order valence-electron chi connectivity index (χ0n) is 12.2. The Labute approximate surface area is 139 Å². The first kappa shape index (κ1) is 15.4. The fourth-order valence-electron chi connectivity index (χ4n) is 2.64. The third kappa shape index (κ3) is 3.65. The molecule has 1 aromatic carbocycles. The van der Waals surface area contributed by atoms with Gasteiger partial charge in [0.05, 0.1) is 18.0 Å². The molecule has 4 nitrogen and oxygen atoms in total. The molecule has 0 atom stereocenters. The SMILES string of the molecule is O=C(CSCc1ccccc1Cl)NCc1n[nH]c2c1CCC2. The number of thioether (sulfide) groups is 1. The third-order valence-electron chi connectivity index (χ3n) is 3.79. The van der Waals surface area contributed by atoms with Gasteiger partial charge < -0.3 is 5.32 Å². The van der Waals surface area contributed by atoms with Crippen molar-refractivity contribution in [1.29, 1.82) is 0 Å². The number of hydrogen-bond donors (Lipinski definition) is 2. The molecule has 1 aromatic heterocycles. The highest BCUT2D eigenvalue weighted by Crippen LogP contribution is 2.23. The van der Waals surface area contributed by atoms with Crippen molar-refractivity contribution in [2.24, 2.45) is 0 Å². The van der Waals surface area contributed by atoms with Crippen molar-refractivity contribution in [3.63, 3.8) is 0 Å². The van der Waals surface area contributed by atoms with Crippen LogP contribution >= 0.6 is 23.4 Å². The van der Waals surface area contributed by atoms with Gasteiger partial charge in [0.2, 0.25) is 5.91 Å². The van der Waals surface area contributed by atoms with Crippen molar-refractivity contribution in [1.82, 2.24) is 15.5 Å². The molecule has 1 aliphatic carbocycles. The van der Waals surface area contributed by atoms with Crippen molar-refractivity contribution in [2.75, 3.05) is 5.75 Å². The lowest BCUT2D eigenvalue weighted by Gasteiger charge is -2.06. The zero-order chi connectivity index (χ0) is 15.4. The lowest BCUT2D eigenvalue weighted by Crippen LogP contribution is -2.25. The summed E-state index contributed by atoms with van der Waals surface area (Å²) in [5.41, 5.74) is 4.57. The average molecular weight is 336 g/mol. The van der Waals surface area contributed by atoms with E-state index >= 15 is 0 Å². The summed E-state index contributed by atoms with van der Waals surface area (Å²) < 4.78 is 0. The summed E-state index contributed by atoms with van der Waals surface area (Å²) in [7, 11) is 0. The zero-order valence-corrected chi connectivity index (χ0v) is 13.8. The number of H-pyrrole nitrogens is 1. The maximum absolute atomic E-state index is 11.9. The molecule has 1 amide bonds. The van der Waals surface area contributed by atoms with E-state index in [0.29, 0.717) is 12.3 Å². The minimum absolute atomic E-state index is 0.0341. The summed E-state index contributed by atoms with van der Waals surface area (Å²) >= 11 is 7.66. The summed E-state index contributed by atoms with van der Waals surface area (Å²) in [4.78, 5) is 11.9. The van der Waals surface area contributed by atoms with Crippen LogP contribution in [0, 0.1) is 0 Å². The Balaban J connectivity index is 1.42. The van der Waals surface area contributed by atoms with Gasteiger partial charge in [-0.2, -0.15) is 5.10 Å². The number of fused-ring (bicyclic) bond motifs is 1. The van der Waals surface area contributed by atoms with E-state index in [4.69, 9.17) is 11.6 Å². The minimum atomic E-state index is 0.0341. The van der Waals surface area contributed by atoms with E-state index in [1.54, 1.807) is 11.8 Å². The topological polar surface area (TPSA) is 57.8 Å². The molecule has 0 bridgehead atoms. The number of benzene rings is 1. The summed E-state index contributed by atoms with van der Waals surface area (Å²) in [5, 5.41) is 11.0. The van der Waals surface area contributed by atoms with Crippen molar-refractivity contribution in [2.45, 2.75) is 31.6 Å². The van der Waals surface area contributed by atoms with Crippen molar-refractivity contribution >= 4 is 29.3 Å². The minimum Gasteiger partial charge on any atom is -0.350 e. The van der Waals surface area contributed by atoms with E-state index in [9.17, 15) is 4.79 Å². The number of carbonyl (C=O) groups is 1. The largest absolute Gasteiger partial charge is 0.350 e. The molecule has 2 aromatic rings. The van der Waals surface area contributed by atoms with Gasteiger partial charge in [-0.25, -0.2) is 0 Å². The van der Waals surface area contributed by atoms with Crippen LogP contribution in [0.3, 0.4) is 0 Å². The number of carbonyl (C=O) groups excluding carboxylic acids is 1. The highest BCUT2D eigenvalue weighted by atomic mass is 35.5. The number of nitrogens with one attached hydrogen (secondary N) is 2.